The third-order valence-electron chi connectivity index (χ3n) is 4.08. The van der Waals surface area contributed by atoms with Crippen LogP contribution in [0.5, 0.6) is 28.7 Å². The SMILES string of the molecule is CCOc1cc(C=C(Br)C(=O)c2cc(OC)c(OC)c(OC)c2OC)ccc1N. The van der Waals surface area contributed by atoms with Crippen LogP contribution in [0.15, 0.2) is 28.7 Å². The van der Waals surface area contributed by atoms with E-state index >= 15 is 0 Å². The normalized spacial score (nSPS) is 11.0. The number of hydrogen-bond donors (Lipinski definition) is 1. The quantitative estimate of drug-likeness (QED) is 0.335. The molecule has 0 unspecified atom stereocenters. The molecule has 0 fully saturated rings. The largest absolute Gasteiger partial charge is 0.493 e. The molecule has 0 radical (unpaired) electrons. The zero-order valence-corrected chi connectivity index (χ0v) is 18.6. The van der Waals surface area contributed by atoms with E-state index in [1.54, 1.807) is 30.3 Å². The fourth-order valence-corrected chi connectivity index (χ4v) is 3.24. The molecule has 0 saturated carbocycles. The average Bonchev–Trinajstić information content (AvgIpc) is 2.73. The molecule has 0 amide bonds. The van der Waals surface area contributed by atoms with Crippen molar-refractivity contribution in [2.45, 2.75) is 6.92 Å². The Morgan fingerprint density at radius 1 is 0.966 bits per heavy atom. The third-order valence-corrected chi connectivity index (χ3v) is 4.67. The van der Waals surface area contributed by atoms with E-state index in [9.17, 15) is 4.79 Å². The van der Waals surface area contributed by atoms with E-state index < -0.39 is 0 Å². The average molecular weight is 466 g/mol. The van der Waals surface area contributed by atoms with Gasteiger partial charge in [0.2, 0.25) is 17.3 Å². The Bertz CT molecular complexity index is 926. The van der Waals surface area contributed by atoms with E-state index in [-0.39, 0.29) is 22.8 Å². The Morgan fingerprint density at radius 3 is 2.17 bits per heavy atom. The number of ketones is 1. The van der Waals surface area contributed by atoms with Crippen LogP contribution in [0.2, 0.25) is 0 Å². The number of methoxy groups -OCH3 is 4. The van der Waals surface area contributed by atoms with E-state index in [2.05, 4.69) is 15.9 Å². The number of rotatable bonds is 9. The van der Waals surface area contributed by atoms with E-state index in [1.807, 2.05) is 6.92 Å². The zero-order valence-electron chi connectivity index (χ0n) is 17.0. The summed E-state index contributed by atoms with van der Waals surface area (Å²) in [6.07, 6.45) is 1.67. The summed E-state index contributed by atoms with van der Waals surface area (Å²) in [6.45, 7) is 2.36. The molecular formula is C21H24BrNO6. The summed E-state index contributed by atoms with van der Waals surface area (Å²) < 4.78 is 27.3. The lowest BCUT2D eigenvalue weighted by Gasteiger charge is -2.18. The topological polar surface area (TPSA) is 89.2 Å². The van der Waals surface area contributed by atoms with Crippen LogP contribution >= 0.6 is 15.9 Å². The molecule has 2 aromatic rings. The molecule has 0 heterocycles. The molecule has 0 atom stereocenters. The highest BCUT2D eigenvalue weighted by Gasteiger charge is 2.26. The highest BCUT2D eigenvalue weighted by Crippen LogP contribution is 2.47. The van der Waals surface area contributed by atoms with Crippen LogP contribution in [0.4, 0.5) is 5.69 Å². The Labute approximate surface area is 178 Å². The summed E-state index contributed by atoms with van der Waals surface area (Å²) >= 11 is 3.36. The Morgan fingerprint density at radius 2 is 1.62 bits per heavy atom. The van der Waals surface area contributed by atoms with Gasteiger partial charge in [-0.2, -0.15) is 0 Å². The van der Waals surface area contributed by atoms with Crippen molar-refractivity contribution >= 4 is 33.5 Å². The van der Waals surface area contributed by atoms with Crippen molar-refractivity contribution in [1.82, 2.24) is 0 Å². The highest BCUT2D eigenvalue weighted by atomic mass is 79.9. The molecule has 2 rings (SSSR count). The summed E-state index contributed by atoms with van der Waals surface area (Å²) in [4.78, 5) is 13.1. The molecule has 7 nitrogen and oxygen atoms in total. The predicted octanol–water partition coefficient (Wildman–Crippen LogP) is 4.32. The van der Waals surface area contributed by atoms with Crippen LogP contribution < -0.4 is 29.4 Å². The second-order valence-electron chi connectivity index (χ2n) is 5.78. The van der Waals surface area contributed by atoms with Gasteiger partial charge in [0.05, 0.1) is 50.8 Å². The van der Waals surface area contributed by atoms with Crippen LogP contribution in [-0.4, -0.2) is 40.8 Å². The van der Waals surface area contributed by atoms with Crippen LogP contribution in [0.1, 0.15) is 22.8 Å². The fourth-order valence-electron chi connectivity index (χ4n) is 2.76. The lowest BCUT2D eigenvalue weighted by atomic mass is 10.1. The second-order valence-corrected chi connectivity index (χ2v) is 6.63. The molecule has 2 aromatic carbocycles. The summed E-state index contributed by atoms with van der Waals surface area (Å²) in [6, 6.07) is 6.83. The van der Waals surface area contributed by atoms with Crippen molar-refractivity contribution in [2.24, 2.45) is 0 Å². The van der Waals surface area contributed by atoms with Crippen molar-refractivity contribution < 1.29 is 28.5 Å². The van der Waals surface area contributed by atoms with Crippen LogP contribution in [-0.2, 0) is 0 Å². The van der Waals surface area contributed by atoms with Gasteiger partial charge in [0.15, 0.2) is 11.5 Å². The maximum absolute atomic E-state index is 13.1. The number of hydrogen-bond acceptors (Lipinski definition) is 7. The van der Waals surface area contributed by atoms with Crippen molar-refractivity contribution in [3.63, 3.8) is 0 Å². The number of nitrogens with two attached hydrogens (primary N) is 1. The van der Waals surface area contributed by atoms with E-state index in [0.29, 0.717) is 34.0 Å². The number of halogens is 1. The van der Waals surface area contributed by atoms with Gasteiger partial charge in [0, 0.05) is 0 Å². The van der Waals surface area contributed by atoms with E-state index in [4.69, 9.17) is 29.4 Å². The minimum absolute atomic E-state index is 0.243. The monoisotopic (exact) mass is 465 g/mol. The maximum atomic E-state index is 13.1. The third kappa shape index (κ3) is 4.76. The van der Waals surface area contributed by atoms with E-state index in [0.717, 1.165) is 5.56 Å². The molecule has 0 saturated heterocycles. The van der Waals surface area contributed by atoms with Gasteiger partial charge in [0.25, 0.3) is 0 Å². The minimum atomic E-state index is -0.323. The molecule has 29 heavy (non-hydrogen) atoms. The smallest absolute Gasteiger partial charge is 0.208 e. The Balaban J connectivity index is 2.53. The summed E-state index contributed by atoms with van der Waals surface area (Å²) in [5.41, 5.74) is 7.43. The summed E-state index contributed by atoms with van der Waals surface area (Å²) in [5.74, 6) is 1.43. The first-order chi connectivity index (χ1) is 13.9. The fraction of sp³-hybridized carbons (Fsp3) is 0.286. The number of carbonyl (C=O) groups excluding carboxylic acids is 1. The molecule has 156 valence electrons. The number of ether oxygens (including phenoxy) is 5. The van der Waals surface area contributed by atoms with Gasteiger partial charge in [-0.15, -0.1) is 0 Å². The molecular weight excluding hydrogens is 442 g/mol. The van der Waals surface area contributed by atoms with Crippen molar-refractivity contribution in [3.05, 3.63) is 39.9 Å². The van der Waals surface area contributed by atoms with Crippen LogP contribution in [0.3, 0.4) is 0 Å². The first-order valence-electron chi connectivity index (χ1n) is 8.72. The Kier molecular flexibility index (Phi) is 7.78. The van der Waals surface area contributed by atoms with Crippen LogP contribution in [0.25, 0.3) is 6.08 Å². The number of Topliss-reactive ketones (excluding diaryl/α,β-unsaturated/α-hetero) is 1. The molecule has 0 spiro atoms. The van der Waals surface area contributed by atoms with Gasteiger partial charge in [-0.05, 0) is 52.7 Å². The van der Waals surface area contributed by atoms with Gasteiger partial charge >= 0.3 is 0 Å². The minimum Gasteiger partial charge on any atom is -0.493 e. The number of benzene rings is 2. The first kappa shape index (κ1) is 22.4. The molecule has 0 aliphatic carbocycles. The zero-order chi connectivity index (χ0) is 21.6. The van der Waals surface area contributed by atoms with Crippen molar-refractivity contribution in [3.8, 4) is 28.7 Å². The van der Waals surface area contributed by atoms with Gasteiger partial charge in [-0.3, -0.25) is 4.79 Å². The van der Waals surface area contributed by atoms with Crippen molar-refractivity contribution in [2.75, 3.05) is 40.8 Å². The maximum Gasteiger partial charge on any atom is 0.208 e. The van der Waals surface area contributed by atoms with Gasteiger partial charge in [-0.1, -0.05) is 6.07 Å². The number of anilines is 1. The number of nitrogen functional groups attached to an aromatic ring is 1. The lowest BCUT2D eigenvalue weighted by molar-refractivity contribution is 0.104. The number of allylic oxidation sites excluding steroid dienone is 1. The second kappa shape index (κ2) is 10.1. The number of carbonyl (C=O) groups is 1. The molecule has 0 bridgehead atoms. The first-order valence-corrected chi connectivity index (χ1v) is 9.52. The van der Waals surface area contributed by atoms with Gasteiger partial charge in [-0.25, -0.2) is 0 Å². The summed E-state index contributed by atoms with van der Waals surface area (Å²) in [7, 11) is 5.87. The predicted molar refractivity (Wildman–Crippen MR) is 116 cm³/mol. The van der Waals surface area contributed by atoms with E-state index in [1.165, 1.54) is 28.4 Å². The van der Waals surface area contributed by atoms with Gasteiger partial charge in [0.1, 0.15) is 5.75 Å². The van der Waals surface area contributed by atoms with Crippen LogP contribution in [0, 0.1) is 0 Å². The van der Waals surface area contributed by atoms with Crippen molar-refractivity contribution in [1.29, 1.82) is 0 Å². The lowest BCUT2D eigenvalue weighted by Crippen LogP contribution is -2.06. The highest BCUT2D eigenvalue weighted by molar-refractivity contribution is 9.12. The molecule has 8 heteroatoms. The molecule has 2 N–H and O–H groups in total. The molecule has 0 aliphatic rings. The molecule has 0 aromatic heterocycles. The Hall–Kier alpha value is -2.87. The summed E-state index contributed by atoms with van der Waals surface area (Å²) in [5, 5.41) is 0. The standard InChI is InChI=1S/C21H24BrNO6/c1-6-29-16-10-12(7-8-15(16)23)9-14(22)18(24)13-11-17(25-2)20(27-4)21(28-5)19(13)26-3/h7-11H,6,23H2,1-5H3. The van der Waals surface area contributed by atoms with Gasteiger partial charge < -0.3 is 29.4 Å². The molecule has 0 aliphatic heterocycles.